The van der Waals surface area contributed by atoms with Crippen LogP contribution in [0.25, 0.3) is 28.5 Å². The maximum absolute atomic E-state index is 12.8. The Labute approximate surface area is 225 Å². The first kappa shape index (κ1) is 24.9. The molecule has 0 saturated heterocycles. The minimum atomic E-state index is -0.230. The third-order valence-corrected chi connectivity index (χ3v) is 7.24. The minimum Gasteiger partial charge on any atom is -0.493 e. The molecule has 0 radical (unpaired) electrons. The number of aromatic nitrogens is 4. The van der Waals surface area contributed by atoms with Crippen LogP contribution in [-0.2, 0) is 4.79 Å². The van der Waals surface area contributed by atoms with E-state index in [0.717, 1.165) is 11.3 Å². The second kappa shape index (κ2) is 11.1. The van der Waals surface area contributed by atoms with Crippen LogP contribution in [0, 0.1) is 0 Å². The van der Waals surface area contributed by atoms with Gasteiger partial charge >= 0.3 is 0 Å². The number of nitrogens with one attached hydrogen (secondary N) is 1. The van der Waals surface area contributed by atoms with Gasteiger partial charge in [0.25, 0.3) is 0 Å². The Balaban J connectivity index is 1.31. The molecule has 0 bridgehead atoms. The van der Waals surface area contributed by atoms with Gasteiger partial charge in [0, 0.05) is 10.9 Å². The molecule has 0 spiro atoms. The molecule has 5 rings (SSSR count). The lowest BCUT2D eigenvalue weighted by Crippen LogP contribution is -2.14. The van der Waals surface area contributed by atoms with Crippen LogP contribution in [-0.4, -0.2) is 45.6 Å². The predicted octanol–water partition coefficient (Wildman–Crippen LogP) is 6.05. The van der Waals surface area contributed by atoms with Gasteiger partial charge < -0.3 is 19.2 Å². The number of anilines is 1. The summed E-state index contributed by atoms with van der Waals surface area (Å²) in [4.78, 5) is 17.3. The molecule has 0 aliphatic rings. The average molecular weight is 554 g/mol. The minimum absolute atomic E-state index is 0.0893. The first-order chi connectivity index (χ1) is 18.1. The summed E-state index contributed by atoms with van der Waals surface area (Å²) in [7, 11) is 3.16. The smallest absolute Gasteiger partial charge is 0.236 e. The van der Waals surface area contributed by atoms with Crippen LogP contribution >= 0.6 is 34.7 Å². The standard InChI is InChI=1S/C25H20ClN5O4S2/c1-33-19-10-9-15(12-21(19)34-2)17-13-36-24(27-17)28-22(32)14-37-25-30-29-23(20-8-5-11-35-20)31(25)18-7-4-3-6-16(18)26/h3-13H,14H2,1-2H3,(H,27,28,32). The zero-order valence-electron chi connectivity index (χ0n) is 19.7. The first-order valence-corrected chi connectivity index (χ1v) is 13.2. The number of benzene rings is 2. The van der Waals surface area contributed by atoms with E-state index in [9.17, 15) is 4.79 Å². The maximum atomic E-state index is 12.8. The van der Waals surface area contributed by atoms with Crippen LogP contribution in [0.5, 0.6) is 11.5 Å². The molecule has 12 heteroatoms. The summed E-state index contributed by atoms with van der Waals surface area (Å²) in [6, 6.07) is 16.4. The highest BCUT2D eigenvalue weighted by atomic mass is 35.5. The fourth-order valence-electron chi connectivity index (χ4n) is 3.52. The van der Waals surface area contributed by atoms with E-state index >= 15 is 0 Å². The molecule has 1 N–H and O–H groups in total. The van der Waals surface area contributed by atoms with Crippen LogP contribution in [0.2, 0.25) is 5.02 Å². The second-order valence-electron chi connectivity index (χ2n) is 7.51. The Morgan fingerprint density at radius 2 is 1.95 bits per heavy atom. The summed E-state index contributed by atoms with van der Waals surface area (Å²) < 4.78 is 18.0. The van der Waals surface area contributed by atoms with Crippen LogP contribution in [0.1, 0.15) is 0 Å². The van der Waals surface area contributed by atoms with Crippen molar-refractivity contribution in [2.75, 3.05) is 25.3 Å². The number of thioether (sulfide) groups is 1. The molecule has 37 heavy (non-hydrogen) atoms. The van der Waals surface area contributed by atoms with Gasteiger partial charge in [0.05, 0.1) is 42.6 Å². The van der Waals surface area contributed by atoms with Gasteiger partial charge in [0.15, 0.2) is 27.5 Å². The SMILES string of the molecule is COc1ccc(-c2csc(NC(=O)CSc3nnc(-c4ccco4)n3-c3ccccc3Cl)n2)cc1OC. The highest BCUT2D eigenvalue weighted by molar-refractivity contribution is 7.99. The molecule has 0 atom stereocenters. The van der Waals surface area contributed by atoms with E-state index in [1.54, 1.807) is 43.2 Å². The van der Waals surface area contributed by atoms with Gasteiger partial charge in [0.1, 0.15) is 0 Å². The molecule has 0 unspecified atom stereocenters. The number of para-hydroxylation sites is 1. The third-order valence-electron chi connectivity index (χ3n) is 5.23. The highest BCUT2D eigenvalue weighted by Gasteiger charge is 2.21. The maximum Gasteiger partial charge on any atom is 0.236 e. The first-order valence-electron chi connectivity index (χ1n) is 10.9. The number of hydrogen-bond acceptors (Lipinski definition) is 9. The molecule has 5 aromatic rings. The average Bonchev–Trinajstić information content (AvgIpc) is 3.68. The quantitative estimate of drug-likeness (QED) is 0.220. The molecule has 3 heterocycles. The fraction of sp³-hybridized carbons (Fsp3) is 0.120. The van der Waals surface area contributed by atoms with Crippen molar-refractivity contribution in [3.05, 3.63) is 71.3 Å². The van der Waals surface area contributed by atoms with Gasteiger partial charge in [-0.05, 0) is 42.5 Å². The van der Waals surface area contributed by atoms with E-state index in [2.05, 4.69) is 20.5 Å². The van der Waals surface area contributed by atoms with Crippen LogP contribution < -0.4 is 14.8 Å². The van der Waals surface area contributed by atoms with Crippen molar-refractivity contribution < 1.29 is 18.7 Å². The molecule has 188 valence electrons. The lowest BCUT2D eigenvalue weighted by atomic mass is 10.1. The number of amides is 1. The number of thiazole rings is 1. The number of methoxy groups -OCH3 is 2. The van der Waals surface area contributed by atoms with Crippen LogP contribution in [0.3, 0.4) is 0 Å². The van der Waals surface area contributed by atoms with Crippen molar-refractivity contribution in [1.82, 2.24) is 19.7 Å². The zero-order valence-corrected chi connectivity index (χ0v) is 22.1. The fourth-order valence-corrected chi connectivity index (χ4v) is 5.22. The predicted molar refractivity (Wildman–Crippen MR) is 144 cm³/mol. The van der Waals surface area contributed by atoms with E-state index in [-0.39, 0.29) is 11.7 Å². The normalized spacial score (nSPS) is 10.9. The molecule has 0 fully saturated rings. The second-order valence-corrected chi connectivity index (χ2v) is 9.72. The Hall–Kier alpha value is -3.80. The molecular weight excluding hydrogens is 534 g/mol. The molecule has 3 aromatic heterocycles. The van der Waals surface area contributed by atoms with Crippen LogP contribution in [0.4, 0.5) is 5.13 Å². The summed E-state index contributed by atoms with van der Waals surface area (Å²) >= 11 is 9.03. The van der Waals surface area contributed by atoms with Gasteiger partial charge in [-0.15, -0.1) is 21.5 Å². The third kappa shape index (κ3) is 5.33. The van der Waals surface area contributed by atoms with E-state index in [4.69, 9.17) is 25.5 Å². The number of carbonyl (C=O) groups is 1. The van der Waals surface area contributed by atoms with Crippen molar-refractivity contribution in [1.29, 1.82) is 0 Å². The van der Waals surface area contributed by atoms with Gasteiger partial charge in [0.2, 0.25) is 11.7 Å². The number of furan rings is 1. The number of ether oxygens (including phenoxy) is 2. The molecule has 0 aliphatic heterocycles. The van der Waals surface area contributed by atoms with Gasteiger partial charge in [-0.25, -0.2) is 4.98 Å². The zero-order chi connectivity index (χ0) is 25.8. The largest absolute Gasteiger partial charge is 0.493 e. The molecule has 0 saturated carbocycles. The summed E-state index contributed by atoms with van der Waals surface area (Å²) in [5.41, 5.74) is 2.25. The topological polar surface area (TPSA) is 104 Å². The molecule has 9 nitrogen and oxygen atoms in total. The molecule has 0 aliphatic carbocycles. The van der Waals surface area contributed by atoms with Crippen molar-refractivity contribution >= 4 is 45.7 Å². The summed E-state index contributed by atoms with van der Waals surface area (Å²) in [5.74, 6) is 2.12. The summed E-state index contributed by atoms with van der Waals surface area (Å²) in [6.07, 6.45) is 1.56. The summed E-state index contributed by atoms with van der Waals surface area (Å²) in [5, 5.41) is 14.8. The Morgan fingerprint density at radius 3 is 2.70 bits per heavy atom. The van der Waals surface area contributed by atoms with E-state index < -0.39 is 0 Å². The van der Waals surface area contributed by atoms with Crippen LogP contribution in [0.15, 0.2) is 75.8 Å². The Kier molecular flexibility index (Phi) is 7.45. The number of hydrogen-bond donors (Lipinski definition) is 1. The monoisotopic (exact) mass is 553 g/mol. The Bertz CT molecular complexity index is 1530. The molecular formula is C25H20ClN5O4S2. The van der Waals surface area contributed by atoms with Crippen molar-refractivity contribution in [3.63, 3.8) is 0 Å². The van der Waals surface area contributed by atoms with Crippen molar-refractivity contribution in [2.24, 2.45) is 0 Å². The van der Waals surface area contributed by atoms with Crippen molar-refractivity contribution in [2.45, 2.75) is 5.16 Å². The van der Waals surface area contributed by atoms with Gasteiger partial charge in [-0.2, -0.15) is 0 Å². The molecule has 2 aromatic carbocycles. The van der Waals surface area contributed by atoms with E-state index in [0.29, 0.717) is 44.1 Å². The number of rotatable bonds is 9. The number of carbonyl (C=O) groups excluding carboxylic acids is 1. The van der Waals surface area contributed by atoms with Gasteiger partial charge in [-0.1, -0.05) is 35.5 Å². The van der Waals surface area contributed by atoms with E-state index in [1.165, 1.54) is 23.1 Å². The molecule has 1 amide bonds. The van der Waals surface area contributed by atoms with Crippen molar-refractivity contribution in [3.8, 4) is 40.0 Å². The number of nitrogens with zero attached hydrogens (tertiary/aromatic N) is 4. The highest BCUT2D eigenvalue weighted by Crippen LogP contribution is 2.34. The lowest BCUT2D eigenvalue weighted by Gasteiger charge is -2.10. The lowest BCUT2D eigenvalue weighted by molar-refractivity contribution is -0.113. The Morgan fingerprint density at radius 1 is 1.11 bits per heavy atom. The summed E-state index contributed by atoms with van der Waals surface area (Å²) in [6.45, 7) is 0. The van der Waals surface area contributed by atoms with E-state index in [1.807, 2.05) is 41.8 Å². The van der Waals surface area contributed by atoms with Gasteiger partial charge in [-0.3, -0.25) is 9.36 Å². The number of halogens is 1.